The summed E-state index contributed by atoms with van der Waals surface area (Å²) in [4.78, 5) is 17.6. The molecule has 20 heavy (non-hydrogen) atoms. The summed E-state index contributed by atoms with van der Waals surface area (Å²) < 4.78 is 5.50. The Morgan fingerprint density at radius 2 is 2.25 bits per heavy atom. The molecule has 0 radical (unpaired) electrons. The van der Waals surface area contributed by atoms with Gasteiger partial charge in [0.1, 0.15) is 5.69 Å². The number of nitrogens with zero attached hydrogens (tertiary/aromatic N) is 2. The Morgan fingerprint density at radius 1 is 1.50 bits per heavy atom. The first-order valence-electron chi connectivity index (χ1n) is 6.47. The van der Waals surface area contributed by atoms with Gasteiger partial charge in [0.25, 0.3) is 0 Å². The first-order chi connectivity index (χ1) is 9.43. The van der Waals surface area contributed by atoms with Crippen LogP contribution in [0.3, 0.4) is 0 Å². The minimum Gasteiger partial charge on any atom is -0.489 e. The molecule has 0 unspecified atom stereocenters. The number of rotatable bonds is 1. The van der Waals surface area contributed by atoms with Gasteiger partial charge in [0.2, 0.25) is 5.91 Å². The Bertz CT molecular complexity index is 585. The van der Waals surface area contributed by atoms with Gasteiger partial charge in [0.15, 0.2) is 11.6 Å². The molecule has 0 fully saturated rings. The molecule has 106 valence electrons. The number of amides is 1. The molecular formula is C15H18N2O3. The van der Waals surface area contributed by atoms with Crippen LogP contribution in [0.15, 0.2) is 12.1 Å². The van der Waals surface area contributed by atoms with E-state index in [2.05, 4.69) is 16.8 Å². The molecule has 2 heterocycles. The van der Waals surface area contributed by atoms with Crippen LogP contribution < -0.4 is 9.64 Å². The highest BCUT2D eigenvalue weighted by Gasteiger charge is 2.21. The van der Waals surface area contributed by atoms with Crippen LogP contribution in [0.25, 0.3) is 0 Å². The van der Waals surface area contributed by atoms with Crippen molar-refractivity contribution in [3.05, 3.63) is 17.8 Å². The first kappa shape index (κ1) is 14.4. The molecule has 5 heteroatoms. The van der Waals surface area contributed by atoms with Crippen molar-refractivity contribution in [2.45, 2.75) is 20.3 Å². The quantitative estimate of drug-likeness (QED) is 0.782. The molecule has 0 saturated heterocycles. The maximum atomic E-state index is 11.8. The lowest BCUT2D eigenvalue weighted by Gasteiger charge is -2.15. The van der Waals surface area contributed by atoms with Crippen molar-refractivity contribution in [1.29, 1.82) is 0 Å². The van der Waals surface area contributed by atoms with E-state index in [0.29, 0.717) is 30.3 Å². The third-order valence-electron chi connectivity index (χ3n) is 3.03. The van der Waals surface area contributed by atoms with Crippen molar-refractivity contribution >= 4 is 11.7 Å². The predicted octanol–water partition coefficient (Wildman–Crippen LogP) is 1.20. The number of ether oxygens (including phenoxy) is 1. The van der Waals surface area contributed by atoms with E-state index in [4.69, 9.17) is 4.74 Å². The Hall–Kier alpha value is -2.06. The Morgan fingerprint density at radius 3 is 2.95 bits per heavy atom. The molecule has 0 saturated carbocycles. The topological polar surface area (TPSA) is 62.7 Å². The number of carbonyl (C=O) groups is 1. The minimum atomic E-state index is -0.479. The summed E-state index contributed by atoms with van der Waals surface area (Å²) in [5, 5.41) is 9.18. The zero-order chi connectivity index (χ0) is 14.8. The van der Waals surface area contributed by atoms with E-state index in [0.717, 1.165) is 0 Å². The molecule has 1 amide bonds. The highest BCUT2D eigenvalue weighted by atomic mass is 16.5. The number of hydrogen-bond donors (Lipinski definition) is 1. The van der Waals surface area contributed by atoms with Crippen molar-refractivity contribution in [1.82, 2.24) is 4.98 Å². The van der Waals surface area contributed by atoms with Crippen LogP contribution in [0.4, 0.5) is 5.82 Å². The van der Waals surface area contributed by atoms with E-state index < -0.39 is 5.41 Å². The smallest absolute Gasteiger partial charge is 0.231 e. The van der Waals surface area contributed by atoms with Gasteiger partial charge in [0.05, 0.1) is 19.6 Å². The number of anilines is 1. The molecule has 0 spiro atoms. The third kappa shape index (κ3) is 3.09. The van der Waals surface area contributed by atoms with Crippen molar-refractivity contribution in [2.75, 3.05) is 25.2 Å². The zero-order valence-corrected chi connectivity index (χ0v) is 11.9. The molecular weight excluding hydrogens is 256 g/mol. The fourth-order valence-electron chi connectivity index (χ4n) is 1.67. The van der Waals surface area contributed by atoms with Gasteiger partial charge in [-0.1, -0.05) is 5.92 Å². The normalized spacial score (nSPS) is 14.8. The first-order valence-corrected chi connectivity index (χ1v) is 6.47. The molecule has 0 bridgehead atoms. The monoisotopic (exact) mass is 274 g/mol. The number of fused-ring (bicyclic) bond motifs is 1. The van der Waals surface area contributed by atoms with Gasteiger partial charge in [0, 0.05) is 12.5 Å². The third-order valence-corrected chi connectivity index (χ3v) is 3.03. The Kier molecular flexibility index (Phi) is 3.96. The van der Waals surface area contributed by atoms with E-state index in [9.17, 15) is 9.90 Å². The van der Waals surface area contributed by atoms with E-state index >= 15 is 0 Å². The van der Waals surface area contributed by atoms with E-state index in [1.54, 1.807) is 19.2 Å². The Labute approximate surface area is 118 Å². The summed E-state index contributed by atoms with van der Waals surface area (Å²) >= 11 is 0. The maximum Gasteiger partial charge on any atom is 0.231 e. The van der Waals surface area contributed by atoms with Crippen LogP contribution in [0.2, 0.25) is 0 Å². The Balaban J connectivity index is 2.36. The molecule has 5 nitrogen and oxygen atoms in total. The van der Waals surface area contributed by atoms with E-state index in [-0.39, 0.29) is 12.5 Å². The number of aliphatic hydroxyl groups is 1. The second-order valence-corrected chi connectivity index (χ2v) is 5.36. The average Bonchev–Trinajstić information content (AvgIpc) is 2.57. The average molecular weight is 274 g/mol. The predicted molar refractivity (Wildman–Crippen MR) is 75.5 cm³/mol. The fourth-order valence-corrected chi connectivity index (χ4v) is 1.67. The van der Waals surface area contributed by atoms with Crippen LogP contribution in [0, 0.1) is 17.3 Å². The van der Waals surface area contributed by atoms with Crippen molar-refractivity contribution in [3.8, 4) is 17.6 Å². The number of aromatic nitrogens is 1. The fraction of sp³-hybridized carbons (Fsp3) is 0.467. The van der Waals surface area contributed by atoms with Crippen LogP contribution in [0.5, 0.6) is 5.75 Å². The van der Waals surface area contributed by atoms with Crippen LogP contribution in [-0.4, -0.2) is 36.3 Å². The highest BCUT2D eigenvalue weighted by Crippen LogP contribution is 2.28. The minimum absolute atomic E-state index is 0.0214. The van der Waals surface area contributed by atoms with Gasteiger partial charge in [-0.25, -0.2) is 4.98 Å². The number of pyridine rings is 1. The van der Waals surface area contributed by atoms with Gasteiger partial charge in [-0.2, -0.15) is 0 Å². The van der Waals surface area contributed by atoms with Crippen LogP contribution in [0.1, 0.15) is 26.0 Å². The summed E-state index contributed by atoms with van der Waals surface area (Å²) in [5.41, 5.74) is 0.0718. The maximum absolute atomic E-state index is 11.8. The van der Waals surface area contributed by atoms with Gasteiger partial charge in [-0.05, 0) is 31.9 Å². The summed E-state index contributed by atoms with van der Waals surface area (Å²) in [7, 11) is 1.68. The molecule has 0 aliphatic carbocycles. The van der Waals surface area contributed by atoms with Crippen molar-refractivity contribution < 1.29 is 14.6 Å². The molecule has 1 aliphatic heterocycles. The number of aliphatic hydroxyl groups excluding tert-OH is 1. The van der Waals surface area contributed by atoms with Gasteiger partial charge in [-0.3, -0.25) is 9.69 Å². The number of carbonyl (C=O) groups excluding carboxylic acids is 1. The van der Waals surface area contributed by atoms with Crippen molar-refractivity contribution in [3.63, 3.8) is 0 Å². The molecule has 2 rings (SSSR count). The van der Waals surface area contributed by atoms with Crippen LogP contribution >= 0.6 is 0 Å². The molecule has 1 aromatic heterocycles. The lowest BCUT2D eigenvalue weighted by atomic mass is 9.96. The van der Waals surface area contributed by atoms with Gasteiger partial charge in [-0.15, -0.1) is 0 Å². The van der Waals surface area contributed by atoms with Gasteiger partial charge >= 0.3 is 0 Å². The SMILES string of the molecule is CN1C(=O)CCOc2ccc(C#CC(C)(C)CO)nc21. The van der Waals surface area contributed by atoms with E-state index in [1.807, 2.05) is 13.8 Å². The second kappa shape index (κ2) is 5.51. The lowest BCUT2D eigenvalue weighted by Crippen LogP contribution is -2.26. The molecule has 1 N–H and O–H groups in total. The summed E-state index contributed by atoms with van der Waals surface area (Å²) in [6.07, 6.45) is 0.339. The highest BCUT2D eigenvalue weighted by molar-refractivity contribution is 5.93. The number of hydrogen-bond acceptors (Lipinski definition) is 4. The lowest BCUT2D eigenvalue weighted by molar-refractivity contribution is -0.118. The largest absolute Gasteiger partial charge is 0.489 e. The molecule has 1 aromatic rings. The zero-order valence-electron chi connectivity index (χ0n) is 11.9. The summed E-state index contributed by atoms with van der Waals surface area (Å²) in [6, 6.07) is 3.52. The van der Waals surface area contributed by atoms with Crippen molar-refractivity contribution in [2.24, 2.45) is 5.41 Å². The second-order valence-electron chi connectivity index (χ2n) is 5.36. The van der Waals surface area contributed by atoms with Crippen LogP contribution in [-0.2, 0) is 4.79 Å². The standard InChI is InChI=1S/C15H18N2O3/c1-15(2,10-18)8-6-11-4-5-12-14(16-11)17(3)13(19)7-9-20-12/h4-5,18H,7,9-10H2,1-3H3. The summed E-state index contributed by atoms with van der Waals surface area (Å²) in [6.45, 7) is 4.04. The van der Waals surface area contributed by atoms with Gasteiger partial charge < -0.3 is 9.84 Å². The molecule has 1 aliphatic rings. The molecule has 0 aromatic carbocycles. The molecule has 0 atom stereocenters. The van der Waals surface area contributed by atoms with E-state index in [1.165, 1.54) is 4.90 Å². The summed E-state index contributed by atoms with van der Waals surface area (Å²) in [5.74, 6) is 6.94.